The molecule has 5 aromatic rings. The summed E-state index contributed by atoms with van der Waals surface area (Å²) in [5.41, 5.74) is 2.27. The summed E-state index contributed by atoms with van der Waals surface area (Å²) >= 11 is 0. The van der Waals surface area contributed by atoms with Crippen LogP contribution in [0, 0.1) is 6.92 Å². The third-order valence-electron chi connectivity index (χ3n) is 7.06. The zero-order valence-corrected chi connectivity index (χ0v) is 20.1. The summed E-state index contributed by atoms with van der Waals surface area (Å²) in [5, 5.41) is 3.62. The van der Waals surface area contributed by atoms with Gasteiger partial charge in [0.15, 0.2) is 5.76 Å². The van der Waals surface area contributed by atoms with Crippen LogP contribution in [0.2, 0.25) is 0 Å². The Morgan fingerprint density at radius 2 is 1.80 bits per heavy atom. The lowest BCUT2D eigenvalue weighted by Gasteiger charge is -2.32. The largest absolute Gasteiger partial charge is 0.493 e. The van der Waals surface area contributed by atoms with Crippen LogP contribution in [0.5, 0.6) is 5.75 Å². The van der Waals surface area contributed by atoms with Crippen LogP contribution in [0.15, 0.2) is 81.8 Å². The van der Waals surface area contributed by atoms with Crippen molar-refractivity contribution in [3.8, 4) is 17.4 Å². The van der Waals surface area contributed by atoms with Crippen molar-refractivity contribution in [2.45, 2.75) is 32.1 Å². The second-order valence-corrected chi connectivity index (χ2v) is 9.48. The molecule has 3 aromatic carbocycles. The van der Waals surface area contributed by atoms with Crippen LogP contribution in [0.25, 0.3) is 33.4 Å². The molecule has 178 valence electrons. The molecule has 0 amide bonds. The number of ether oxygens (including phenoxy) is 1. The van der Waals surface area contributed by atoms with Gasteiger partial charge in [-0.25, -0.2) is 4.98 Å². The van der Waals surface area contributed by atoms with Gasteiger partial charge in [0.1, 0.15) is 17.1 Å². The number of nitrogens with zero attached hydrogens (tertiary/aromatic N) is 2. The molecule has 1 aliphatic heterocycles. The molecule has 2 aromatic heterocycles. The molecule has 1 fully saturated rings. The van der Waals surface area contributed by atoms with Gasteiger partial charge in [-0.3, -0.25) is 0 Å². The van der Waals surface area contributed by atoms with Gasteiger partial charge in [-0.05, 0) is 73.7 Å². The number of oxazole rings is 1. The Morgan fingerprint density at radius 1 is 0.943 bits per heavy atom. The quantitative estimate of drug-likeness (QED) is 0.237. The summed E-state index contributed by atoms with van der Waals surface area (Å²) in [7, 11) is 0. The third-order valence-corrected chi connectivity index (χ3v) is 7.06. The van der Waals surface area contributed by atoms with E-state index in [0.717, 1.165) is 48.5 Å². The van der Waals surface area contributed by atoms with Gasteiger partial charge >= 0.3 is 0 Å². The molecular formula is C30H30N2O3. The van der Waals surface area contributed by atoms with E-state index in [1.807, 2.05) is 31.2 Å². The molecule has 0 radical (unpaired) electrons. The Balaban J connectivity index is 1.01. The fourth-order valence-electron chi connectivity index (χ4n) is 5.16. The third kappa shape index (κ3) is 4.69. The Hall–Kier alpha value is -3.57. The molecule has 5 nitrogen and oxygen atoms in total. The molecule has 0 aliphatic carbocycles. The number of hydrogen-bond donors (Lipinski definition) is 0. The molecule has 0 unspecified atom stereocenters. The number of piperidine rings is 1. The molecule has 0 N–H and O–H groups in total. The van der Waals surface area contributed by atoms with Gasteiger partial charge in [0, 0.05) is 12.6 Å². The van der Waals surface area contributed by atoms with E-state index < -0.39 is 0 Å². The zero-order chi connectivity index (χ0) is 23.6. The first-order valence-electron chi connectivity index (χ1n) is 12.5. The number of likely N-dealkylation sites (tertiary alicyclic amines) is 1. The Kier molecular flexibility index (Phi) is 6.01. The summed E-state index contributed by atoms with van der Waals surface area (Å²) in [6.07, 6.45) is 5.14. The van der Waals surface area contributed by atoms with Crippen molar-refractivity contribution in [3.05, 3.63) is 84.3 Å². The van der Waals surface area contributed by atoms with Gasteiger partial charge in [0.25, 0.3) is 5.89 Å². The normalized spacial score (nSPS) is 15.2. The van der Waals surface area contributed by atoms with Crippen molar-refractivity contribution in [2.24, 2.45) is 0 Å². The summed E-state index contributed by atoms with van der Waals surface area (Å²) in [6, 6.07) is 23.5. The maximum Gasteiger partial charge on any atom is 0.263 e. The minimum Gasteiger partial charge on any atom is -0.493 e. The van der Waals surface area contributed by atoms with E-state index in [4.69, 9.17) is 13.6 Å². The summed E-state index contributed by atoms with van der Waals surface area (Å²) in [6.45, 7) is 5.91. The highest BCUT2D eigenvalue weighted by Crippen LogP contribution is 2.34. The standard InChI is InChI=1S/C30H30N2O3/c1-21-20-31-30(34-21)29-19-26-27(8-4-9-28(26)35-29)33-17-5-14-32-15-12-23(13-16-32)25-11-10-22-6-2-3-7-24(22)18-25/h2-4,6-11,18-20,23H,5,12-17H2,1H3. The van der Waals surface area contributed by atoms with Crippen molar-refractivity contribution < 1.29 is 13.6 Å². The first-order valence-corrected chi connectivity index (χ1v) is 12.5. The van der Waals surface area contributed by atoms with Crippen molar-refractivity contribution in [2.75, 3.05) is 26.2 Å². The highest BCUT2D eigenvalue weighted by molar-refractivity contribution is 5.87. The van der Waals surface area contributed by atoms with E-state index in [2.05, 4.69) is 52.3 Å². The maximum atomic E-state index is 6.16. The van der Waals surface area contributed by atoms with E-state index in [-0.39, 0.29) is 0 Å². The van der Waals surface area contributed by atoms with Gasteiger partial charge in [0.05, 0.1) is 18.2 Å². The Morgan fingerprint density at radius 3 is 2.63 bits per heavy atom. The Bertz CT molecular complexity index is 1440. The molecule has 0 atom stereocenters. The van der Waals surface area contributed by atoms with E-state index in [9.17, 15) is 0 Å². The highest BCUT2D eigenvalue weighted by atomic mass is 16.5. The number of furan rings is 1. The molecule has 6 rings (SSSR count). The van der Waals surface area contributed by atoms with Crippen LogP contribution < -0.4 is 4.74 Å². The smallest absolute Gasteiger partial charge is 0.263 e. The van der Waals surface area contributed by atoms with E-state index in [1.165, 1.54) is 29.2 Å². The number of aryl methyl sites for hydroxylation is 1. The van der Waals surface area contributed by atoms with Crippen molar-refractivity contribution in [3.63, 3.8) is 0 Å². The summed E-state index contributed by atoms with van der Waals surface area (Å²) in [4.78, 5) is 6.84. The fourth-order valence-corrected chi connectivity index (χ4v) is 5.16. The molecule has 0 saturated carbocycles. The van der Waals surface area contributed by atoms with Crippen molar-refractivity contribution >= 4 is 21.7 Å². The molecule has 0 bridgehead atoms. The van der Waals surface area contributed by atoms with E-state index in [1.54, 1.807) is 6.20 Å². The second kappa shape index (κ2) is 9.59. The summed E-state index contributed by atoms with van der Waals surface area (Å²) in [5.74, 6) is 3.39. The predicted molar refractivity (Wildman–Crippen MR) is 139 cm³/mol. The average Bonchev–Trinajstić information content (AvgIpc) is 3.53. The second-order valence-electron chi connectivity index (χ2n) is 9.48. The molecule has 3 heterocycles. The first kappa shape index (κ1) is 21.9. The van der Waals surface area contributed by atoms with Crippen LogP contribution in [0.4, 0.5) is 0 Å². The topological polar surface area (TPSA) is 51.6 Å². The molecule has 1 saturated heterocycles. The van der Waals surface area contributed by atoms with Crippen LogP contribution in [0.1, 0.15) is 36.5 Å². The predicted octanol–water partition coefficient (Wildman–Crippen LogP) is 7.20. The lowest BCUT2D eigenvalue weighted by atomic mass is 9.88. The van der Waals surface area contributed by atoms with Gasteiger partial charge < -0.3 is 18.5 Å². The van der Waals surface area contributed by atoms with Gasteiger partial charge in [-0.15, -0.1) is 0 Å². The number of fused-ring (bicyclic) bond motifs is 2. The molecule has 35 heavy (non-hydrogen) atoms. The average molecular weight is 467 g/mol. The van der Waals surface area contributed by atoms with Gasteiger partial charge in [-0.2, -0.15) is 0 Å². The molecule has 1 aliphatic rings. The zero-order valence-electron chi connectivity index (χ0n) is 20.1. The minimum absolute atomic E-state index is 0.497. The van der Waals surface area contributed by atoms with Gasteiger partial charge in [0.2, 0.25) is 0 Å². The van der Waals surface area contributed by atoms with Crippen LogP contribution in [0.3, 0.4) is 0 Å². The number of aromatic nitrogens is 1. The number of rotatable bonds is 7. The monoisotopic (exact) mass is 466 g/mol. The van der Waals surface area contributed by atoms with Crippen molar-refractivity contribution in [1.29, 1.82) is 0 Å². The molecule has 0 spiro atoms. The molecular weight excluding hydrogens is 436 g/mol. The lowest BCUT2D eigenvalue weighted by molar-refractivity contribution is 0.193. The van der Waals surface area contributed by atoms with Gasteiger partial charge in [-0.1, -0.05) is 48.5 Å². The highest BCUT2D eigenvalue weighted by Gasteiger charge is 2.20. The summed E-state index contributed by atoms with van der Waals surface area (Å²) < 4.78 is 17.7. The van der Waals surface area contributed by atoms with Crippen LogP contribution in [-0.2, 0) is 0 Å². The van der Waals surface area contributed by atoms with E-state index in [0.29, 0.717) is 24.2 Å². The van der Waals surface area contributed by atoms with E-state index >= 15 is 0 Å². The van der Waals surface area contributed by atoms with Crippen LogP contribution >= 0.6 is 0 Å². The number of benzene rings is 3. The van der Waals surface area contributed by atoms with Crippen LogP contribution in [-0.4, -0.2) is 36.1 Å². The fraction of sp³-hybridized carbons (Fsp3) is 0.300. The SMILES string of the molecule is Cc1cnc(-c2cc3c(OCCCN4CCC(c5ccc6ccccc6c5)CC4)cccc3o2)o1. The Labute approximate surface area is 205 Å². The number of hydrogen-bond acceptors (Lipinski definition) is 5. The lowest BCUT2D eigenvalue weighted by Crippen LogP contribution is -2.34. The maximum absolute atomic E-state index is 6.16. The minimum atomic E-state index is 0.497. The first-order chi connectivity index (χ1) is 17.2. The molecule has 5 heteroatoms. The van der Waals surface area contributed by atoms with Crippen molar-refractivity contribution in [1.82, 2.24) is 9.88 Å².